The van der Waals surface area contributed by atoms with E-state index in [1.807, 2.05) is 0 Å². The van der Waals surface area contributed by atoms with E-state index in [1.165, 1.54) is 88.0 Å². The molecule has 8 aromatic rings. The number of benzene rings is 8. The van der Waals surface area contributed by atoms with Gasteiger partial charge in [-0.05, 0) is 94.0 Å². The van der Waals surface area contributed by atoms with Crippen LogP contribution in [0.2, 0.25) is 0 Å². The molecule has 0 heterocycles. The average molecular weight is 573 g/mol. The lowest BCUT2D eigenvalue weighted by Crippen LogP contribution is -2.15. The molecule has 0 nitrogen and oxygen atoms in total. The molecule has 212 valence electrons. The van der Waals surface area contributed by atoms with Gasteiger partial charge in [-0.2, -0.15) is 0 Å². The zero-order chi connectivity index (χ0) is 30.1. The van der Waals surface area contributed by atoms with Crippen molar-refractivity contribution in [2.45, 2.75) is 19.3 Å². The molecule has 0 saturated heterocycles. The molecule has 0 unspecified atom stereocenters. The second-order valence-corrected chi connectivity index (χ2v) is 12.8. The van der Waals surface area contributed by atoms with Crippen molar-refractivity contribution in [2.24, 2.45) is 0 Å². The topological polar surface area (TPSA) is 0 Å². The first-order chi connectivity index (χ1) is 22.1. The van der Waals surface area contributed by atoms with Crippen molar-refractivity contribution >= 4 is 32.3 Å². The smallest absolute Gasteiger partial charge is 0.0159 e. The molecule has 8 aromatic carbocycles. The average Bonchev–Trinajstić information content (AvgIpc) is 3.33. The maximum Gasteiger partial charge on any atom is 0.0159 e. The van der Waals surface area contributed by atoms with Crippen LogP contribution in [-0.4, -0.2) is 0 Å². The molecule has 0 N–H and O–H groups in total. The minimum Gasteiger partial charge on any atom is -0.0622 e. The van der Waals surface area contributed by atoms with E-state index >= 15 is 0 Å². The molecule has 45 heavy (non-hydrogen) atoms. The summed E-state index contributed by atoms with van der Waals surface area (Å²) < 4.78 is 0. The van der Waals surface area contributed by atoms with Gasteiger partial charge in [0.25, 0.3) is 0 Å². The standard InChI is InChI=1S/C45H32/c1-45(2)40-27-15-14-26-38(40)44-33-21-9-7-19-31(33)39(28-41(44)45)43-36-24-12-10-22-34(36)42(35-23-11-13-25-37(35)43)32-20-8-6-18-30(32)29-16-4-3-5-17-29/h3-28H,1-2H3. The third-order valence-corrected chi connectivity index (χ3v) is 10.1. The van der Waals surface area contributed by atoms with E-state index in [2.05, 4.69) is 172 Å². The first-order valence-electron chi connectivity index (χ1n) is 15.9. The Bertz CT molecular complexity index is 2390. The monoisotopic (exact) mass is 572 g/mol. The van der Waals surface area contributed by atoms with Gasteiger partial charge >= 0.3 is 0 Å². The lowest BCUT2D eigenvalue weighted by molar-refractivity contribution is 0.661. The Kier molecular flexibility index (Phi) is 5.64. The van der Waals surface area contributed by atoms with Gasteiger partial charge in [0.2, 0.25) is 0 Å². The Labute approximate surface area is 264 Å². The summed E-state index contributed by atoms with van der Waals surface area (Å²) in [5.41, 5.74) is 13.1. The molecule has 1 aliphatic carbocycles. The third-order valence-electron chi connectivity index (χ3n) is 10.1. The summed E-state index contributed by atoms with van der Waals surface area (Å²) in [4.78, 5) is 0. The second-order valence-electron chi connectivity index (χ2n) is 12.8. The van der Waals surface area contributed by atoms with E-state index in [4.69, 9.17) is 0 Å². The fourth-order valence-corrected chi connectivity index (χ4v) is 8.04. The first kappa shape index (κ1) is 26.0. The summed E-state index contributed by atoms with van der Waals surface area (Å²) in [5.74, 6) is 0. The quantitative estimate of drug-likeness (QED) is 0.185. The molecule has 0 atom stereocenters. The van der Waals surface area contributed by atoms with Gasteiger partial charge < -0.3 is 0 Å². The Hall–Kier alpha value is -5.46. The second kappa shape index (κ2) is 9.78. The molecule has 0 fully saturated rings. The molecule has 0 radical (unpaired) electrons. The highest BCUT2D eigenvalue weighted by molar-refractivity contribution is 6.25. The van der Waals surface area contributed by atoms with Gasteiger partial charge in [-0.3, -0.25) is 0 Å². The minimum atomic E-state index is -0.0924. The fraction of sp³-hybridized carbons (Fsp3) is 0.0667. The maximum absolute atomic E-state index is 2.52. The normalized spacial score (nSPS) is 13.3. The van der Waals surface area contributed by atoms with Crippen LogP contribution in [-0.2, 0) is 5.41 Å². The fourth-order valence-electron chi connectivity index (χ4n) is 8.04. The number of hydrogen-bond acceptors (Lipinski definition) is 0. The summed E-state index contributed by atoms with van der Waals surface area (Å²) in [6, 6.07) is 58.3. The van der Waals surface area contributed by atoms with E-state index in [9.17, 15) is 0 Å². The van der Waals surface area contributed by atoms with Gasteiger partial charge in [0.15, 0.2) is 0 Å². The Balaban J connectivity index is 1.43. The van der Waals surface area contributed by atoms with Crippen molar-refractivity contribution in [3.63, 3.8) is 0 Å². The molecule has 0 amide bonds. The highest BCUT2D eigenvalue weighted by atomic mass is 14.4. The van der Waals surface area contributed by atoms with Gasteiger partial charge in [-0.15, -0.1) is 0 Å². The molecule has 1 aliphatic rings. The van der Waals surface area contributed by atoms with Crippen LogP contribution in [0.1, 0.15) is 25.0 Å². The summed E-state index contributed by atoms with van der Waals surface area (Å²) in [6.07, 6.45) is 0. The van der Waals surface area contributed by atoms with E-state index in [1.54, 1.807) is 0 Å². The largest absolute Gasteiger partial charge is 0.0622 e. The van der Waals surface area contributed by atoms with E-state index in [0.717, 1.165) is 0 Å². The van der Waals surface area contributed by atoms with Gasteiger partial charge in [0.05, 0.1) is 0 Å². The molecule has 0 bridgehead atoms. The lowest BCUT2D eigenvalue weighted by atomic mass is 9.78. The molecule has 9 rings (SSSR count). The SMILES string of the molecule is CC1(C)c2ccccc2-c2c1cc(-c1c3ccccc3c(-c3ccccc3-c3ccccc3)c3ccccc13)c1ccccc21. The van der Waals surface area contributed by atoms with Crippen molar-refractivity contribution in [3.05, 3.63) is 169 Å². The molecular formula is C45H32. The van der Waals surface area contributed by atoms with Crippen molar-refractivity contribution in [1.82, 2.24) is 0 Å². The molecule has 0 aliphatic heterocycles. The predicted molar refractivity (Wildman–Crippen MR) is 193 cm³/mol. The Morgan fingerprint density at radius 2 is 0.733 bits per heavy atom. The minimum absolute atomic E-state index is 0.0924. The highest BCUT2D eigenvalue weighted by Gasteiger charge is 2.37. The summed E-state index contributed by atoms with van der Waals surface area (Å²) in [5, 5.41) is 7.76. The van der Waals surface area contributed by atoms with Gasteiger partial charge in [0, 0.05) is 5.41 Å². The van der Waals surface area contributed by atoms with Crippen LogP contribution in [0.5, 0.6) is 0 Å². The van der Waals surface area contributed by atoms with Crippen molar-refractivity contribution in [1.29, 1.82) is 0 Å². The van der Waals surface area contributed by atoms with E-state index < -0.39 is 0 Å². The van der Waals surface area contributed by atoms with Crippen LogP contribution in [0.25, 0.3) is 76.8 Å². The third kappa shape index (κ3) is 3.72. The Morgan fingerprint density at radius 3 is 1.33 bits per heavy atom. The van der Waals surface area contributed by atoms with Crippen LogP contribution in [0.4, 0.5) is 0 Å². The van der Waals surface area contributed by atoms with Crippen LogP contribution < -0.4 is 0 Å². The van der Waals surface area contributed by atoms with Gasteiger partial charge in [-0.25, -0.2) is 0 Å². The maximum atomic E-state index is 2.52. The van der Waals surface area contributed by atoms with Gasteiger partial charge in [-0.1, -0.05) is 166 Å². The van der Waals surface area contributed by atoms with Crippen LogP contribution >= 0.6 is 0 Å². The van der Waals surface area contributed by atoms with Crippen LogP contribution in [0, 0.1) is 0 Å². The molecule has 0 aromatic heterocycles. The van der Waals surface area contributed by atoms with Crippen molar-refractivity contribution < 1.29 is 0 Å². The Morgan fingerprint density at radius 1 is 0.311 bits per heavy atom. The van der Waals surface area contributed by atoms with Crippen LogP contribution in [0.15, 0.2) is 158 Å². The number of hydrogen-bond donors (Lipinski definition) is 0. The predicted octanol–water partition coefficient (Wildman–Crippen LogP) is 12.5. The van der Waals surface area contributed by atoms with Crippen molar-refractivity contribution in [3.8, 4) is 44.5 Å². The van der Waals surface area contributed by atoms with Gasteiger partial charge in [0.1, 0.15) is 0 Å². The van der Waals surface area contributed by atoms with Crippen molar-refractivity contribution in [2.75, 3.05) is 0 Å². The number of rotatable bonds is 3. The first-order valence-corrected chi connectivity index (χ1v) is 15.9. The highest BCUT2D eigenvalue weighted by Crippen LogP contribution is 2.55. The van der Waals surface area contributed by atoms with E-state index in [0.29, 0.717) is 0 Å². The summed E-state index contributed by atoms with van der Waals surface area (Å²) >= 11 is 0. The zero-order valence-corrected chi connectivity index (χ0v) is 25.5. The zero-order valence-electron chi connectivity index (χ0n) is 25.5. The van der Waals surface area contributed by atoms with Crippen LogP contribution in [0.3, 0.4) is 0 Å². The van der Waals surface area contributed by atoms with E-state index in [-0.39, 0.29) is 5.41 Å². The molecular weight excluding hydrogens is 540 g/mol. The number of fused-ring (bicyclic) bond motifs is 7. The molecule has 0 saturated carbocycles. The lowest BCUT2D eigenvalue weighted by Gasteiger charge is -2.24. The summed E-state index contributed by atoms with van der Waals surface area (Å²) in [6.45, 7) is 4.77. The molecule has 0 heteroatoms. The summed E-state index contributed by atoms with van der Waals surface area (Å²) in [7, 11) is 0. The molecule has 0 spiro atoms.